The number of piperazine rings is 1. The number of ether oxygens (including phenoxy) is 1. The van der Waals surface area contributed by atoms with E-state index in [0.717, 1.165) is 71.3 Å². The van der Waals surface area contributed by atoms with Crippen molar-refractivity contribution in [3.05, 3.63) is 42.0 Å². The highest BCUT2D eigenvalue weighted by Crippen LogP contribution is 2.05. The second-order valence-corrected chi connectivity index (χ2v) is 6.48. The number of unbranched alkanes of at least 4 members (excludes halogenated alkanes) is 1. The Balaban J connectivity index is 1.64. The van der Waals surface area contributed by atoms with Crippen molar-refractivity contribution in [2.24, 2.45) is 4.99 Å². The highest BCUT2D eigenvalue weighted by molar-refractivity contribution is 5.79. The van der Waals surface area contributed by atoms with Gasteiger partial charge in [0, 0.05) is 59.5 Å². The van der Waals surface area contributed by atoms with E-state index in [1.54, 1.807) is 0 Å². The van der Waals surface area contributed by atoms with Crippen LogP contribution in [-0.2, 0) is 4.74 Å². The Morgan fingerprint density at radius 2 is 1.92 bits per heavy atom. The lowest BCUT2D eigenvalue weighted by Gasteiger charge is -2.36. The lowest BCUT2D eigenvalue weighted by Crippen LogP contribution is -2.52. The summed E-state index contributed by atoms with van der Waals surface area (Å²) in [6.07, 6.45) is 6.67. The fourth-order valence-electron chi connectivity index (χ4n) is 3.05. The normalized spacial score (nSPS) is 16.4. The quantitative estimate of drug-likeness (QED) is 0.419. The Kier molecular flexibility index (Phi) is 9.83. The van der Waals surface area contributed by atoms with Crippen LogP contribution in [0.25, 0.3) is 6.08 Å². The lowest BCUT2D eigenvalue weighted by atomic mass is 10.2. The Labute approximate surface area is 158 Å². The largest absolute Gasteiger partial charge is 0.382 e. The molecule has 1 fully saturated rings. The summed E-state index contributed by atoms with van der Waals surface area (Å²) >= 11 is 0. The molecule has 1 saturated heterocycles. The number of nitrogens with zero attached hydrogens (tertiary/aromatic N) is 3. The molecule has 0 amide bonds. The van der Waals surface area contributed by atoms with Gasteiger partial charge in [0.25, 0.3) is 0 Å². The van der Waals surface area contributed by atoms with Crippen LogP contribution in [0.2, 0.25) is 0 Å². The van der Waals surface area contributed by atoms with E-state index in [2.05, 4.69) is 62.6 Å². The molecule has 0 radical (unpaired) electrons. The van der Waals surface area contributed by atoms with Crippen molar-refractivity contribution >= 4 is 12.0 Å². The maximum atomic E-state index is 5.38. The number of hydrogen-bond donors (Lipinski definition) is 1. The minimum absolute atomic E-state index is 0.805. The molecule has 0 saturated carbocycles. The van der Waals surface area contributed by atoms with Gasteiger partial charge in [-0.1, -0.05) is 42.5 Å². The highest BCUT2D eigenvalue weighted by Gasteiger charge is 2.18. The molecule has 5 heteroatoms. The first-order valence-electron chi connectivity index (χ1n) is 9.80. The van der Waals surface area contributed by atoms with Crippen molar-refractivity contribution in [2.75, 3.05) is 59.5 Å². The summed E-state index contributed by atoms with van der Waals surface area (Å²) in [5, 5.41) is 3.48. The van der Waals surface area contributed by atoms with E-state index in [9.17, 15) is 0 Å². The molecule has 0 unspecified atom stereocenters. The number of guanidine groups is 1. The zero-order chi connectivity index (χ0) is 18.5. The third kappa shape index (κ3) is 7.58. The molecule has 5 nitrogen and oxygen atoms in total. The fraction of sp³-hybridized carbons (Fsp3) is 0.571. The average Bonchev–Trinajstić information content (AvgIpc) is 2.69. The van der Waals surface area contributed by atoms with Crippen LogP contribution in [0.5, 0.6) is 0 Å². The summed E-state index contributed by atoms with van der Waals surface area (Å²) in [4.78, 5) is 9.29. The molecule has 0 atom stereocenters. The van der Waals surface area contributed by atoms with E-state index in [-0.39, 0.29) is 0 Å². The summed E-state index contributed by atoms with van der Waals surface area (Å²) in [6.45, 7) is 9.86. The molecule has 0 aromatic heterocycles. The van der Waals surface area contributed by atoms with E-state index in [4.69, 9.17) is 4.74 Å². The van der Waals surface area contributed by atoms with Gasteiger partial charge in [0.15, 0.2) is 5.96 Å². The molecule has 1 aliphatic rings. The molecule has 1 N–H and O–H groups in total. The van der Waals surface area contributed by atoms with Gasteiger partial charge in [0.1, 0.15) is 0 Å². The Bertz CT molecular complexity index is 536. The first-order chi connectivity index (χ1) is 12.8. The van der Waals surface area contributed by atoms with E-state index in [1.165, 1.54) is 5.56 Å². The zero-order valence-electron chi connectivity index (χ0n) is 16.4. The maximum Gasteiger partial charge on any atom is 0.193 e. The number of benzene rings is 1. The molecule has 26 heavy (non-hydrogen) atoms. The number of aliphatic imine (C=N–C) groups is 1. The molecule has 1 aliphatic heterocycles. The lowest BCUT2D eigenvalue weighted by molar-refractivity contribution is 0.143. The van der Waals surface area contributed by atoms with Gasteiger partial charge in [-0.25, -0.2) is 0 Å². The average molecular weight is 359 g/mol. The van der Waals surface area contributed by atoms with Crippen molar-refractivity contribution in [2.45, 2.75) is 19.8 Å². The van der Waals surface area contributed by atoms with E-state index >= 15 is 0 Å². The third-order valence-corrected chi connectivity index (χ3v) is 4.56. The van der Waals surface area contributed by atoms with Crippen molar-refractivity contribution < 1.29 is 4.74 Å². The Morgan fingerprint density at radius 3 is 2.62 bits per heavy atom. The molecule has 2 rings (SSSR count). The zero-order valence-corrected chi connectivity index (χ0v) is 16.4. The summed E-state index contributed by atoms with van der Waals surface area (Å²) in [7, 11) is 1.87. The molecule has 1 aromatic carbocycles. The van der Waals surface area contributed by atoms with Crippen molar-refractivity contribution in [3.63, 3.8) is 0 Å². The van der Waals surface area contributed by atoms with Gasteiger partial charge >= 0.3 is 0 Å². The second-order valence-electron chi connectivity index (χ2n) is 6.48. The van der Waals surface area contributed by atoms with Gasteiger partial charge in [0.05, 0.1) is 0 Å². The van der Waals surface area contributed by atoms with Crippen molar-refractivity contribution in [3.8, 4) is 0 Å². The highest BCUT2D eigenvalue weighted by atomic mass is 16.5. The van der Waals surface area contributed by atoms with Gasteiger partial charge < -0.3 is 15.0 Å². The van der Waals surface area contributed by atoms with E-state index in [0.29, 0.717) is 0 Å². The molecule has 1 heterocycles. The van der Waals surface area contributed by atoms with E-state index < -0.39 is 0 Å². The fourth-order valence-corrected chi connectivity index (χ4v) is 3.05. The molecule has 0 aliphatic carbocycles. The van der Waals surface area contributed by atoms with Crippen LogP contribution in [0.1, 0.15) is 25.3 Å². The minimum Gasteiger partial charge on any atom is -0.382 e. The van der Waals surface area contributed by atoms with Crippen LogP contribution in [0, 0.1) is 0 Å². The van der Waals surface area contributed by atoms with Crippen LogP contribution in [-0.4, -0.2) is 75.3 Å². The first kappa shape index (κ1) is 20.5. The van der Waals surface area contributed by atoms with Crippen LogP contribution in [0.4, 0.5) is 0 Å². The third-order valence-electron chi connectivity index (χ3n) is 4.56. The topological polar surface area (TPSA) is 40.1 Å². The predicted octanol–water partition coefficient (Wildman–Crippen LogP) is 2.71. The number of nitrogens with one attached hydrogen (secondary N) is 1. The van der Waals surface area contributed by atoms with Gasteiger partial charge in [-0.15, -0.1) is 0 Å². The molecular formula is C21H34N4O. The molecule has 1 aromatic rings. The van der Waals surface area contributed by atoms with Crippen LogP contribution < -0.4 is 5.32 Å². The Morgan fingerprint density at radius 1 is 1.15 bits per heavy atom. The maximum absolute atomic E-state index is 5.38. The summed E-state index contributed by atoms with van der Waals surface area (Å²) in [6, 6.07) is 10.5. The minimum atomic E-state index is 0.805. The summed E-state index contributed by atoms with van der Waals surface area (Å²) in [5.74, 6) is 1.03. The summed E-state index contributed by atoms with van der Waals surface area (Å²) in [5.41, 5.74) is 1.26. The SMILES string of the molecule is CCOCCCCNC(=NC)N1CCN(C/C=C/c2ccccc2)CC1. The van der Waals surface area contributed by atoms with Crippen LogP contribution >= 0.6 is 0 Å². The molecule has 0 spiro atoms. The molecular weight excluding hydrogens is 324 g/mol. The monoisotopic (exact) mass is 358 g/mol. The van der Waals surface area contributed by atoms with Gasteiger partial charge in [-0.3, -0.25) is 9.89 Å². The second kappa shape index (κ2) is 12.5. The van der Waals surface area contributed by atoms with Gasteiger partial charge in [0.2, 0.25) is 0 Å². The predicted molar refractivity (Wildman–Crippen MR) is 111 cm³/mol. The van der Waals surface area contributed by atoms with Crippen LogP contribution in [0.3, 0.4) is 0 Å². The molecule has 0 bridgehead atoms. The van der Waals surface area contributed by atoms with Gasteiger partial charge in [-0.2, -0.15) is 0 Å². The number of rotatable bonds is 9. The molecule has 144 valence electrons. The van der Waals surface area contributed by atoms with Gasteiger partial charge in [-0.05, 0) is 25.3 Å². The standard InChI is InChI=1S/C21H34N4O/c1-3-26-19-8-7-13-23-21(22-2)25-17-15-24(16-18-25)14-9-12-20-10-5-4-6-11-20/h4-6,9-12H,3,7-8,13-19H2,1-2H3,(H,22,23)/b12-9+. The van der Waals surface area contributed by atoms with Crippen molar-refractivity contribution in [1.29, 1.82) is 0 Å². The first-order valence-corrected chi connectivity index (χ1v) is 9.80. The summed E-state index contributed by atoms with van der Waals surface area (Å²) < 4.78 is 5.38. The Hall–Kier alpha value is -1.85. The van der Waals surface area contributed by atoms with Crippen molar-refractivity contribution in [1.82, 2.24) is 15.1 Å². The number of hydrogen-bond acceptors (Lipinski definition) is 3. The van der Waals surface area contributed by atoms with E-state index in [1.807, 2.05) is 14.0 Å². The smallest absolute Gasteiger partial charge is 0.193 e. The van der Waals surface area contributed by atoms with Crippen LogP contribution in [0.15, 0.2) is 41.4 Å².